The van der Waals surface area contributed by atoms with Crippen LogP contribution < -0.4 is 25.9 Å². The molecule has 0 saturated carbocycles. The van der Waals surface area contributed by atoms with Gasteiger partial charge in [-0.2, -0.15) is 10.2 Å². The van der Waals surface area contributed by atoms with Crippen LogP contribution >= 0.6 is 0 Å². The van der Waals surface area contributed by atoms with Crippen LogP contribution in [0.1, 0.15) is 16.1 Å². The van der Waals surface area contributed by atoms with Gasteiger partial charge >= 0.3 is 0 Å². The summed E-state index contributed by atoms with van der Waals surface area (Å²) >= 11 is 0. The highest BCUT2D eigenvalue weighted by Gasteiger charge is 2.28. The molecule has 1 aliphatic rings. The average Bonchev–Trinajstić information content (AvgIpc) is 3.13. The number of nitrogens with zero attached hydrogens (tertiary/aromatic N) is 3. The molecule has 3 heterocycles. The van der Waals surface area contributed by atoms with Gasteiger partial charge in [0.25, 0.3) is 17.4 Å². The first-order valence-corrected chi connectivity index (χ1v) is 8.62. The van der Waals surface area contributed by atoms with Gasteiger partial charge in [-0.15, -0.1) is 0 Å². The summed E-state index contributed by atoms with van der Waals surface area (Å²) in [6.45, 7) is 1.68. The van der Waals surface area contributed by atoms with E-state index in [1.165, 1.54) is 23.0 Å². The zero-order valence-corrected chi connectivity index (χ0v) is 15.2. The van der Waals surface area contributed by atoms with E-state index in [9.17, 15) is 14.4 Å². The minimum Gasteiger partial charge on any atom is -0.485 e. The second-order valence-electron chi connectivity index (χ2n) is 6.14. The Kier molecular flexibility index (Phi) is 4.69. The summed E-state index contributed by atoms with van der Waals surface area (Å²) < 4.78 is 12.5. The maximum atomic E-state index is 12.4. The first-order valence-electron chi connectivity index (χ1n) is 8.62. The molecule has 0 aliphatic carbocycles. The van der Waals surface area contributed by atoms with E-state index < -0.39 is 17.9 Å². The number of carbonyl (C=O) groups is 2. The van der Waals surface area contributed by atoms with Gasteiger partial charge < -0.3 is 9.47 Å². The zero-order chi connectivity index (χ0) is 20.4. The number of rotatable bonds is 3. The lowest BCUT2D eigenvalue weighted by molar-refractivity contribution is -0.131. The summed E-state index contributed by atoms with van der Waals surface area (Å²) in [6.07, 6.45) is 0.430. The van der Waals surface area contributed by atoms with Gasteiger partial charge in [-0.05, 0) is 25.1 Å². The molecule has 2 amide bonds. The van der Waals surface area contributed by atoms with Gasteiger partial charge in [-0.1, -0.05) is 12.1 Å². The van der Waals surface area contributed by atoms with Crippen molar-refractivity contribution in [1.82, 2.24) is 30.8 Å². The van der Waals surface area contributed by atoms with E-state index in [0.29, 0.717) is 23.0 Å². The molecule has 0 spiro atoms. The van der Waals surface area contributed by atoms with Crippen molar-refractivity contribution in [3.05, 3.63) is 64.2 Å². The van der Waals surface area contributed by atoms with Gasteiger partial charge in [-0.3, -0.25) is 25.2 Å². The number of ether oxygens (including phenoxy) is 2. The van der Waals surface area contributed by atoms with Gasteiger partial charge in [0.1, 0.15) is 6.61 Å². The highest BCUT2D eigenvalue weighted by Crippen LogP contribution is 2.30. The minimum atomic E-state index is -0.903. The van der Waals surface area contributed by atoms with Crippen molar-refractivity contribution in [3.8, 4) is 17.3 Å². The van der Waals surface area contributed by atoms with Crippen LogP contribution in [0.5, 0.6) is 11.5 Å². The summed E-state index contributed by atoms with van der Waals surface area (Å²) in [6, 6.07) is 9.77. The number of benzene rings is 1. The molecular weight excluding hydrogens is 380 g/mol. The number of aromatic amines is 1. The van der Waals surface area contributed by atoms with Crippen molar-refractivity contribution in [3.63, 3.8) is 0 Å². The van der Waals surface area contributed by atoms with E-state index >= 15 is 0 Å². The molecule has 0 bridgehead atoms. The molecule has 11 nitrogen and oxygen atoms in total. The lowest BCUT2D eigenvalue weighted by atomic mass is 10.2. The summed E-state index contributed by atoms with van der Waals surface area (Å²) in [5, 5.41) is 10.3. The number of hydrogen-bond acceptors (Lipinski definition) is 7. The van der Waals surface area contributed by atoms with Crippen LogP contribution in [0.2, 0.25) is 0 Å². The third-order valence-corrected chi connectivity index (χ3v) is 4.24. The Morgan fingerprint density at radius 3 is 2.72 bits per heavy atom. The van der Waals surface area contributed by atoms with E-state index in [1.54, 1.807) is 31.2 Å². The third-order valence-electron chi connectivity index (χ3n) is 4.24. The van der Waals surface area contributed by atoms with Crippen LogP contribution in [0.15, 0.2) is 47.4 Å². The molecule has 0 radical (unpaired) electrons. The van der Waals surface area contributed by atoms with E-state index in [1.807, 2.05) is 0 Å². The quantitative estimate of drug-likeness (QED) is 0.524. The van der Waals surface area contributed by atoms with Crippen molar-refractivity contribution in [2.45, 2.75) is 13.0 Å². The summed E-state index contributed by atoms with van der Waals surface area (Å²) in [7, 11) is 0. The molecule has 11 heteroatoms. The number of aromatic nitrogens is 4. The Hall–Kier alpha value is -4.15. The van der Waals surface area contributed by atoms with Crippen LogP contribution in [-0.2, 0) is 4.79 Å². The molecule has 148 valence electrons. The van der Waals surface area contributed by atoms with Crippen LogP contribution in [-0.4, -0.2) is 44.5 Å². The molecule has 1 aromatic carbocycles. The first kappa shape index (κ1) is 18.2. The van der Waals surface area contributed by atoms with Gasteiger partial charge in [-0.25, -0.2) is 9.78 Å². The number of amides is 2. The predicted molar refractivity (Wildman–Crippen MR) is 98.7 cm³/mol. The second-order valence-corrected chi connectivity index (χ2v) is 6.14. The maximum absolute atomic E-state index is 12.4. The Labute approximate surface area is 163 Å². The van der Waals surface area contributed by atoms with Crippen LogP contribution in [0.3, 0.4) is 0 Å². The molecule has 1 aliphatic heterocycles. The number of H-pyrrole nitrogens is 1. The Bertz CT molecular complexity index is 1120. The number of para-hydroxylation sites is 2. The average molecular weight is 396 g/mol. The zero-order valence-electron chi connectivity index (χ0n) is 15.2. The van der Waals surface area contributed by atoms with Gasteiger partial charge in [0.2, 0.25) is 6.10 Å². The molecule has 3 aromatic rings. The molecule has 0 saturated heterocycles. The molecule has 1 atom stereocenters. The van der Waals surface area contributed by atoms with Gasteiger partial charge in [0, 0.05) is 6.07 Å². The monoisotopic (exact) mass is 396 g/mol. The van der Waals surface area contributed by atoms with Crippen molar-refractivity contribution in [1.29, 1.82) is 0 Å². The summed E-state index contributed by atoms with van der Waals surface area (Å²) in [5.74, 6) is 0.232. The Balaban J connectivity index is 1.39. The predicted octanol–water partition coefficient (Wildman–Crippen LogP) is -0.135. The molecule has 3 N–H and O–H groups in total. The SMILES string of the molecule is Cc1c(C(=O)NNC(=O)C2COc3ccccc3O2)cnn1-c1ccc(=O)[nH]n1. The van der Waals surface area contributed by atoms with Crippen molar-refractivity contribution < 1.29 is 19.1 Å². The standard InChI is InChI=1S/C18H16N6O5/c1-10-11(8-19-24(10)15-6-7-16(25)21-20-15)17(26)22-23-18(27)14-9-28-12-4-2-3-5-13(12)29-14/h2-8,14H,9H2,1H3,(H,21,25)(H,22,26)(H,23,27). The number of hydrogen-bond donors (Lipinski definition) is 3. The van der Waals surface area contributed by atoms with Gasteiger partial charge in [0.05, 0.1) is 17.5 Å². The fourth-order valence-electron chi connectivity index (χ4n) is 2.73. The minimum absolute atomic E-state index is 0.0214. The first-order chi connectivity index (χ1) is 14.0. The van der Waals surface area contributed by atoms with E-state index in [4.69, 9.17) is 9.47 Å². The summed E-state index contributed by atoms with van der Waals surface area (Å²) in [5.41, 5.74) is 5.00. The highest BCUT2D eigenvalue weighted by molar-refractivity contribution is 5.96. The third kappa shape index (κ3) is 3.65. The fourth-order valence-corrected chi connectivity index (χ4v) is 2.73. The smallest absolute Gasteiger partial charge is 0.283 e. The van der Waals surface area contributed by atoms with Crippen LogP contribution in [0, 0.1) is 6.92 Å². The Morgan fingerprint density at radius 1 is 1.17 bits per heavy atom. The molecule has 2 aromatic heterocycles. The number of carbonyl (C=O) groups excluding carboxylic acids is 2. The summed E-state index contributed by atoms with van der Waals surface area (Å²) in [4.78, 5) is 35.8. The lowest BCUT2D eigenvalue weighted by Crippen LogP contribution is -2.50. The number of fused-ring (bicyclic) bond motifs is 1. The molecule has 0 fully saturated rings. The molecule has 1 unspecified atom stereocenters. The van der Waals surface area contributed by atoms with Gasteiger partial charge in [0.15, 0.2) is 17.3 Å². The molecular formula is C18H16N6O5. The van der Waals surface area contributed by atoms with Crippen molar-refractivity contribution >= 4 is 11.8 Å². The van der Waals surface area contributed by atoms with E-state index in [-0.39, 0.29) is 17.7 Å². The number of hydrazine groups is 1. The lowest BCUT2D eigenvalue weighted by Gasteiger charge is -2.25. The van der Waals surface area contributed by atoms with E-state index in [0.717, 1.165) is 0 Å². The largest absolute Gasteiger partial charge is 0.485 e. The van der Waals surface area contributed by atoms with Crippen LogP contribution in [0.4, 0.5) is 0 Å². The number of nitrogens with one attached hydrogen (secondary N) is 3. The maximum Gasteiger partial charge on any atom is 0.283 e. The second kappa shape index (κ2) is 7.46. The van der Waals surface area contributed by atoms with Crippen LogP contribution in [0.25, 0.3) is 5.82 Å². The molecule has 4 rings (SSSR count). The Morgan fingerprint density at radius 2 is 1.97 bits per heavy atom. The van der Waals surface area contributed by atoms with Crippen molar-refractivity contribution in [2.24, 2.45) is 0 Å². The van der Waals surface area contributed by atoms with Crippen molar-refractivity contribution in [2.75, 3.05) is 6.61 Å². The highest BCUT2D eigenvalue weighted by atomic mass is 16.6. The van der Waals surface area contributed by atoms with E-state index in [2.05, 4.69) is 26.1 Å². The fraction of sp³-hybridized carbons (Fsp3) is 0.167. The molecule has 29 heavy (non-hydrogen) atoms. The topological polar surface area (TPSA) is 140 Å². The normalized spacial score (nSPS) is 14.9.